The predicted molar refractivity (Wildman–Crippen MR) is 144 cm³/mol. The van der Waals surface area contributed by atoms with Crippen LogP contribution in [0.15, 0.2) is 59.6 Å². The van der Waals surface area contributed by atoms with E-state index in [1.54, 1.807) is 7.11 Å². The Labute approximate surface area is 218 Å². The molecule has 0 spiro atoms. The van der Waals surface area contributed by atoms with E-state index in [0.717, 1.165) is 55.8 Å². The maximum atomic E-state index is 5.96. The number of halogens is 1. The summed E-state index contributed by atoms with van der Waals surface area (Å²) in [6.07, 6.45) is 1.10. The molecule has 1 atom stereocenters. The summed E-state index contributed by atoms with van der Waals surface area (Å²) in [5.74, 6) is 3.61. The van der Waals surface area contributed by atoms with Crippen molar-refractivity contribution in [3.63, 3.8) is 0 Å². The van der Waals surface area contributed by atoms with Gasteiger partial charge in [-0.2, -0.15) is 5.10 Å². The van der Waals surface area contributed by atoms with E-state index < -0.39 is 0 Å². The molecule has 1 aromatic heterocycles. The van der Waals surface area contributed by atoms with E-state index in [9.17, 15) is 0 Å². The summed E-state index contributed by atoms with van der Waals surface area (Å²) in [6, 6.07) is 18.0. The summed E-state index contributed by atoms with van der Waals surface area (Å²) >= 11 is 0. The zero-order valence-electron chi connectivity index (χ0n) is 19.7. The van der Waals surface area contributed by atoms with Crippen LogP contribution in [0.3, 0.4) is 0 Å². The van der Waals surface area contributed by atoms with Crippen LogP contribution in [0, 0.1) is 5.92 Å². The second-order valence-electron chi connectivity index (χ2n) is 8.11. The summed E-state index contributed by atoms with van der Waals surface area (Å²) in [6.45, 7) is 6.68. The van der Waals surface area contributed by atoms with Crippen LogP contribution in [0.5, 0.6) is 5.75 Å². The molecule has 0 amide bonds. The average Bonchev–Trinajstić information content (AvgIpc) is 3.53. The Bertz CT molecular complexity index is 1030. The molecule has 2 heterocycles. The van der Waals surface area contributed by atoms with Crippen molar-refractivity contribution in [2.45, 2.75) is 26.5 Å². The minimum Gasteiger partial charge on any atom is -0.497 e. The van der Waals surface area contributed by atoms with Gasteiger partial charge in [-0.25, -0.2) is 9.98 Å². The van der Waals surface area contributed by atoms with Crippen molar-refractivity contribution in [3.8, 4) is 17.1 Å². The highest BCUT2D eigenvalue weighted by Crippen LogP contribution is 2.20. The van der Waals surface area contributed by atoms with Crippen LogP contribution in [0.1, 0.15) is 24.7 Å². The molecule has 1 fully saturated rings. The second-order valence-corrected chi connectivity index (χ2v) is 8.11. The first kappa shape index (κ1) is 26.0. The van der Waals surface area contributed by atoms with Crippen molar-refractivity contribution >= 4 is 29.9 Å². The third-order valence-electron chi connectivity index (χ3n) is 5.64. The molecule has 0 radical (unpaired) electrons. The number of methoxy groups -OCH3 is 1. The van der Waals surface area contributed by atoms with E-state index in [-0.39, 0.29) is 24.0 Å². The fraction of sp³-hybridized carbons (Fsp3) is 0.400. The van der Waals surface area contributed by atoms with Gasteiger partial charge >= 0.3 is 0 Å². The van der Waals surface area contributed by atoms with Gasteiger partial charge in [-0.1, -0.05) is 30.3 Å². The van der Waals surface area contributed by atoms with E-state index in [2.05, 4.69) is 44.5 Å². The number of ether oxygens (including phenoxy) is 2. The van der Waals surface area contributed by atoms with Crippen LogP contribution in [0.2, 0.25) is 0 Å². The fourth-order valence-electron chi connectivity index (χ4n) is 3.89. The molecule has 0 bridgehead atoms. The van der Waals surface area contributed by atoms with Crippen molar-refractivity contribution in [1.29, 1.82) is 0 Å². The average molecular weight is 576 g/mol. The molecule has 0 aliphatic carbocycles. The lowest BCUT2D eigenvalue weighted by molar-refractivity contribution is 0.0906. The second kappa shape index (κ2) is 13.3. The molecule has 8 nitrogen and oxygen atoms in total. The van der Waals surface area contributed by atoms with Crippen LogP contribution >= 0.6 is 24.0 Å². The monoisotopic (exact) mass is 576 g/mol. The van der Waals surface area contributed by atoms with E-state index >= 15 is 0 Å². The Hall–Kier alpha value is -2.66. The summed E-state index contributed by atoms with van der Waals surface area (Å²) in [7, 11) is 1.65. The lowest BCUT2D eigenvalue weighted by atomic mass is 10.1. The molecule has 1 unspecified atom stereocenters. The highest BCUT2D eigenvalue weighted by molar-refractivity contribution is 14.0. The number of benzene rings is 2. The van der Waals surface area contributed by atoms with Gasteiger partial charge in [-0.3, -0.25) is 5.10 Å². The number of likely N-dealkylation sites (tertiary alicyclic amines) is 1. The Balaban J connectivity index is 0.00000324. The number of hydrogen-bond donors (Lipinski definition) is 2. The van der Waals surface area contributed by atoms with Gasteiger partial charge in [0.25, 0.3) is 0 Å². The quantitative estimate of drug-likeness (QED) is 0.227. The van der Waals surface area contributed by atoms with E-state index in [4.69, 9.17) is 14.5 Å². The van der Waals surface area contributed by atoms with E-state index in [1.807, 2.05) is 42.5 Å². The predicted octanol–water partition coefficient (Wildman–Crippen LogP) is 4.10. The number of nitrogens with one attached hydrogen (secondary N) is 2. The van der Waals surface area contributed by atoms with Crippen molar-refractivity contribution in [2.24, 2.45) is 10.9 Å². The summed E-state index contributed by atoms with van der Waals surface area (Å²) < 4.78 is 11.2. The number of aromatic nitrogens is 3. The van der Waals surface area contributed by atoms with E-state index in [1.165, 1.54) is 5.56 Å². The number of aliphatic imine (C=N–C) groups is 1. The molecule has 3 aromatic rings. The Morgan fingerprint density at radius 3 is 2.71 bits per heavy atom. The van der Waals surface area contributed by atoms with Gasteiger partial charge in [0.2, 0.25) is 0 Å². The highest BCUT2D eigenvalue weighted by atomic mass is 127. The minimum absolute atomic E-state index is 0. The molecular formula is C25H33IN6O2. The van der Waals surface area contributed by atoms with Gasteiger partial charge < -0.3 is 19.7 Å². The number of rotatable bonds is 9. The lowest BCUT2D eigenvalue weighted by Crippen LogP contribution is -2.40. The third-order valence-corrected chi connectivity index (χ3v) is 5.64. The molecule has 182 valence electrons. The Kier molecular flexibility index (Phi) is 10.1. The SMILES string of the molecule is CCNC(=NCc1nc(-c2ccc(OC)cc2)n[nH]1)N1CCC(COCc2ccccc2)C1.I. The minimum atomic E-state index is 0. The van der Waals surface area contributed by atoms with Gasteiger partial charge in [0.1, 0.15) is 18.1 Å². The van der Waals surface area contributed by atoms with Crippen LogP contribution in [0.25, 0.3) is 11.4 Å². The Morgan fingerprint density at radius 1 is 1.18 bits per heavy atom. The topological polar surface area (TPSA) is 87.7 Å². The summed E-state index contributed by atoms with van der Waals surface area (Å²) in [4.78, 5) is 11.7. The summed E-state index contributed by atoms with van der Waals surface area (Å²) in [5, 5.41) is 10.8. The molecule has 9 heteroatoms. The van der Waals surface area contributed by atoms with Crippen LogP contribution in [0.4, 0.5) is 0 Å². The van der Waals surface area contributed by atoms with Crippen molar-refractivity contribution in [2.75, 3.05) is 33.4 Å². The maximum Gasteiger partial charge on any atom is 0.194 e. The van der Waals surface area contributed by atoms with Gasteiger partial charge in [0, 0.05) is 31.1 Å². The number of hydrogen-bond acceptors (Lipinski definition) is 5. The smallest absolute Gasteiger partial charge is 0.194 e. The largest absolute Gasteiger partial charge is 0.497 e. The van der Waals surface area contributed by atoms with Crippen LogP contribution < -0.4 is 10.1 Å². The first-order valence-electron chi connectivity index (χ1n) is 11.5. The highest BCUT2D eigenvalue weighted by Gasteiger charge is 2.25. The number of nitrogens with zero attached hydrogens (tertiary/aromatic N) is 4. The maximum absolute atomic E-state index is 5.96. The normalized spacial score (nSPS) is 15.8. The van der Waals surface area contributed by atoms with Gasteiger partial charge in [0.05, 0.1) is 20.3 Å². The van der Waals surface area contributed by atoms with Crippen LogP contribution in [-0.2, 0) is 17.9 Å². The molecule has 1 saturated heterocycles. The van der Waals surface area contributed by atoms with Crippen molar-refractivity contribution in [1.82, 2.24) is 25.4 Å². The summed E-state index contributed by atoms with van der Waals surface area (Å²) in [5.41, 5.74) is 2.15. The first-order chi connectivity index (χ1) is 16.2. The van der Waals surface area contributed by atoms with Gasteiger partial charge in [0.15, 0.2) is 11.8 Å². The standard InChI is InChI=1S/C25H32N6O2.HI/c1-3-26-25(31-14-13-20(16-31)18-33-17-19-7-5-4-6-8-19)27-15-23-28-24(30-29-23)21-9-11-22(32-2)12-10-21;/h4-12,20H,3,13-18H2,1-2H3,(H,26,27)(H,28,29,30);1H. The molecule has 2 N–H and O–H groups in total. The molecular weight excluding hydrogens is 543 g/mol. The van der Waals surface area contributed by atoms with Crippen molar-refractivity contribution < 1.29 is 9.47 Å². The third kappa shape index (κ3) is 7.17. The molecule has 1 aliphatic rings. The Morgan fingerprint density at radius 2 is 1.97 bits per heavy atom. The molecule has 4 rings (SSSR count). The number of H-pyrrole nitrogens is 1. The number of guanidine groups is 1. The zero-order chi connectivity index (χ0) is 22.9. The first-order valence-corrected chi connectivity index (χ1v) is 11.5. The van der Waals surface area contributed by atoms with Gasteiger partial charge in [-0.15, -0.1) is 24.0 Å². The molecule has 34 heavy (non-hydrogen) atoms. The van der Waals surface area contributed by atoms with Crippen LogP contribution in [-0.4, -0.2) is 59.4 Å². The van der Waals surface area contributed by atoms with Crippen molar-refractivity contribution in [3.05, 3.63) is 66.0 Å². The number of aromatic amines is 1. The van der Waals surface area contributed by atoms with E-state index in [0.29, 0.717) is 24.9 Å². The fourth-order valence-corrected chi connectivity index (χ4v) is 3.89. The molecule has 2 aromatic carbocycles. The van der Waals surface area contributed by atoms with Gasteiger partial charge in [-0.05, 0) is 43.2 Å². The zero-order valence-corrected chi connectivity index (χ0v) is 22.1. The molecule has 0 saturated carbocycles. The molecule has 1 aliphatic heterocycles. The lowest BCUT2D eigenvalue weighted by Gasteiger charge is -2.21.